The van der Waals surface area contributed by atoms with Gasteiger partial charge in [-0.15, -0.1) is 0 Å². The van der Waals surface area contributed by atoms with Gasteiger partial charge in [-0.2, -0.15) is 0 Å². The molecule has 6 heteroatoms. The second kappa shape index (κ2) is 8.01. The second-order valence-electron chi connectivity index (χ2n) is 5.34. The molecule has 3 rings (SSSR count). The Balaban J connectivity index is 1.78. The van der Waals surface area contributed by atoms with Gasteiger partial charge in [-0.1, -0.05) is 47.5 Å². The number of nitrogens with zero attached hydrogens (tertiary/aromatic N) is 1. The molecule has 0 saturated heterocycles. The van der Waals surface area contributed by atoms with E-state index in [1.807, 2.05) is 24.3 Å². The molecule has 0 saturated carbocycles. The van der Waals surface area contributed by atoms with Crippen molar-refractivity contribution in [1.82, 2.24) is 4.98 Å². The lowest BCUT2D eigenvalue weighted by molar-refractivity contribution is -0.115. The summed E-state index contributed by atoms with van der Waals surface area (Å²) >= 11 is 12.4. The first-order valence-electron chi connectivity index (χ1n) is 7.62. The fourth-order valence-electron chi connectivity index (χ4n) is 2.36. The lowest BCUT2D eigenvalue weighted by atomic mass is 10.1. The Labute approximate surface area is 155 Å². The summed E-state index contributed by atoms with van der Waals surface area (Å²) in [6.07, 6.45) is 3.47. The van der Waals surface area contributed by atoms with Gasteiger partial charge in [-0.25, -0.2) is 0 Å². The molecule has 0 fully saturated rings. The lowest BCUT2D eigenvalue weighted by Gasteiger charge is -2.14. The number of para-hydroxylation sites is 2. The Bertz CT molecular complexity index is 865. The summed E-state index contributed by atoms with van der Waals surface area (Å²) < 4.78 is 0. The predicted molar refractivity (Wildman–Crippen MR) is 103 cm³/mol. The number of nitrogens with one attached hydrogen (secondary N) is 2. The molecule has 2 aromatic carbocycles. The van der Waals surface area contributed by atoms with Crippen LogP contribution in [0.1, 0.15) is 5.56 Å². The van der Waals surface area contributed by atoms with Gasteiger partial charge in [-0.3, -0.25) is 9.78 Å². The fourth-order valence-corrected chi connectivity index (χ4v) is 2.85. The van der Waals surface area contributed by atoms with E-state index in [0.717, 1.165) is 11.3 Å². The van der Waals surface area contributed by atoms with Crippen molar-refractivity contribution in [2.24, 2.45) is 0 Å². The van der Waals surface area contributed by atoms with Gasteiger partial charge in [-0.05, 0) is 35.9 Å². The van der Waals surface area contributed by atoms with E-state index in [1.54, 1.807) is 42.7 Å². The van der Waals surface area contributed by atoms with Crippen LogP contribution in [-0.2, 0) is 11.2 Å². The van der Waals surface area contributed by atoms with Gasteiger partial charge < -0.3 is 10.6 Å². The van der Waals surface area contributed by atoms with Crippen molar-refractivity contribution in [2.75, 3.05) is 10.6 Å². The first kappa shape index (κ1) is 17.3. The molecule has 2 N–H and O–H groups in total. The number of aromatic nitrogens is 1. The number of benzene rings is 2. The van der Waals surface area contributed by atoms with E-state index in [0.29, 0.717) is 21.4 Å². The standard InChI is InChI=1S/C19H15Cl2N3O/c20-15-5-3-6-16(21)19(15)24-17-7-2-1-4-13(17)12-18(25)23-14-8-10-22-11-9-14/h1-11,24H,12H2,(H,22,23,25). The Morgan fingerprint density at radius 3 is 2.32 bits per heavy atom. The first-order valence-corrected chi connectivity index (χ1v) is 8.38. The van der Waals surface area contributed by atoms with Crippen LogP contribution in [-0.4, -0.2) is 10.9 Å². The molecule has 0 aliphatic carbocycles. The largest absolute Gasteiger partial charge is 0.353 e. The topological polar surface area (TPSA) is 54.0 Å². The third-order valence-corrected chi connectivity index (χ3v) is 4.18. The summed E-state index contributed by atoms with van der Waals surface area (Å²) in [6, 6.07) is 16.3. The molecule has 0 aliphatic rings. The second-order valence-corrected chi connectivity index (χ2v) is 6.15. The molecule has 4 nitrogen and oxygen atoms in total. The quantitative estimate of drug-likeness (QED) is 0.638. The zero-order valence-electron chi connectivity index (χ0n) is 13.2. The SMILES string of the molecule is O=C(Cc1ccccc1Nc1c(Cl)cccc1Cl)Nc1ccncc1. The van der Waals surface area contributed by atoms with Gasteiger partial charge in [0.1, 0.15) is 0 Å². The number of halogens is 2. The van der Waals surface area contributed by atoms with Crippen LogP contribution in [0.2, 0.25) is 10.0 Å². The molecule has 126 valence electrons. The first-order chi connectivity index (χ1) is 12.1. The van der Waals surface area contributed by atoms with Gasteiger partial charge in [0.15, 0.2) is 0 Å². The molecular weight excluding hydrogens is 357 g/mol. The number of hydrogen-bond acceptors (Lipinski definition) is 3. The van der Waals surface area contributed by atoms with Gasteiger partial charge in [0, 0.05) is 23.8 Å². The molecule has 0 spiro atoms. The minimum atomic E-state index is -0.120. The van der Waals surface area contributed by atoms with E-state index in [1.165, 1.54) is 0 Å². The Morgan fingerprint density at radius 1 is 0.920 bits per heavy atom. The Kier molecular flexibility index (Phi) is 5.53. The van der Waals surface area contributed by atoms with Crippen LogP contribution in [0.25, 0.3) is 0 Å². The van der Waals surface area contributed by atoms with Gasteiger partial charge in [0.05, 0.1) is 22.2 Å². The maximum absolute atomic E-state index is 12.3. The van der Waals surface area contributed by atoms with Crippen LogP contribution >= 0.6 is 23.2 Å². The van der Waals surface area contributed by atoms with Crippen molar-refractivity contribution in [1.29, 1.82) is 0 Å². The van der Waals surface area contributed by atoms with Crippen molar-refractivity contribution in [2.45, 2.75) is 6.42 Å². The van der Waals surface area contributed by atoms with Crippen LogP contribution < -0.4 is 10.6 Å². The van der Waals surface area contributed by atoms with E-state index >= 15 is 0 Å². The van der Waals surface area contributed by atoms with Crippen LogP contribution in [0.5, 0.6) is 0 Å². The molecule has 1 heterocycles. The molecular formula is C19H15Cl2N3O. The zero-order chi connectivity index (χ0) is 17.6. The van der Waals surface area contributed by atoms with Crippen LogP contribution in [0.15, 0.2) is 67.0 Å². The Hall–Kier alpha value is -2.56. The summed E-state index contributed by atoms with van der Waals surface area (Å²) in [5, 5.41) is 7.10. The van der Waals surface area contributed by atoms with Gasteiger partial charge in [0.2, 0.25) is 5.91 Å². The van der Waals surface area contributed by atoms with Gasteiger partial charge >= 0.3 is 0 Å². The summed E-state index contributed by atoms with van der Waals surface area (Å²) in [5.41, 5.74) is 2.94. The highest BCUT2D eigenvalue weighted by Gasteiger charge is 2.11. The predicted octanol–water partition coefficient (Wildman–Crippen LogP) is 5.31. The highest BCUT2D eigenvalue weighted by Crippen LogP contribution is 2.33. The average molecular weight is 372 g/mol. The van der Waals surface area contributed by atoms with Crippen LogP contribution in [0, 0.1) is 0 Å². The molecule has 0 aliphatic heterocycles. The molecule has 3 aromatic rings. The third-order valence-electron chi connectivity index (χ3n) is 3.55. The number of carbonyl (C=O) groups is 1. The van der Waals surface area contributed by atoms with E-state index in [9.17, 15) is 4.79 Å². The van der Waals surface area contributed by atoms with Crippen molar-refractivity contribution in [3.05, 3.63) is 82.6 Å². The van der Waals surface area contributed by atoms with Crippen molar-refractivity contribution in [3.63, 3.8) is 0 Å². The fraction of sp³-hybridized carbons (Fsp3) is 0.0526. The molecule has 0 atom stereocenters. The number of anilines is 3. The van der Waals surface area contributed by atoms with Gasteiger partial charge in [0.25, 0.3) is 0 Å². The molecule has 1 amide bonds. The number of rotatable bonds is 5. The minimum Gasteiger partial charge on any atom is -0.353 e. The highest BCUT2D eigenvalue weighted by atomic mass is 35.5. The maximum Gasteiger partial charge on any atom is 0.228 e. The third kappa shape index (κ3) is 4.50. The van der Waals surface area contributed by atoms with Crippen LogP contribution in [0.4, 0.5) is 17.1 Å². The van der Waals surface area contributed by atoms with Crippen molar-refractivity contribution < 1.29 is 4.79 Å². The number of hydrogen-bond donors (Lipinski definition) is 2. The summed E-state index contributed by atoms with van der Waals surface area (Å²) in [4.78, 5) is 16.2. The molecule has 0 unspecified atom stereocenters. The normalized spacial score (nSPS) is 10.3. The molecule has 0 bridgehead atoms. The summed E-state index contributed by atoms with van der Waals surface area (Å²) in [6.45, 7) is 0. The molecule has 1 aromatic heterocycles. The molecule has 0 radical (unpaired) electrons. The highest BCUT2D eigenvalue weighted by molar-refractivity contribution is 6.39. The maximum atomic E-state index is 12.3. The average Bonchev–Trinajstić information content (AvgIpc) is 2.60. The monoisotopic (exact) mass is 371 g/mol. The Morgan fingerprint density at radius 2 is 1.60 bits per heavy atom. The summed E-state index contributed by atoms with van der Waals surface area (Å²) in [7, 11) is 0. The minimum absolute atomic E-state index is 0.120. The van der Waals surface area contributed by atoms with E-state index in [2.05, 4.69) is 15.6 Å². The summed E-state index contributed by atoms with van der Waals surface area (Å²) in [5.74, 6) is -0.120. The van der Waals surface area contributed by atoms with Crippen LogP contribution in [0.3, 0.4) is 0 Å². The number of carbonyl (C=O) groups excluding carboxylic acids is 1. The van der Waals surface area contributed by atoms with Crippen molar-refractivity contribution in [3.8, 4) is 0 Å². The van der Waals surface area contributed by atoms with E-state index < -0.39 is 0 Å². The molecule has 25 heavy (non-hydrogen) atoms. The zero-order valence-corrected chi connectivity index (χ0v) is 14.7. The van der Waals surface area contributed by atoms with Crippen molar-refractivity contribution >= 4 is 46.2 Å². The number of amides is 1. The van der Waals surface area contributed by atoms with E-state index in [4.69, 9.17) is 23.2 Å². The number of pyridine rings is 1. The smallest absolute Gasteiger partial charge is 0.228 e. The lowest BCUT2D eigenvalue weighted by Crippen LogP contribution is -2.15. The van der Waals surface area contributed by atoms with E-state index in [-0.39, 0.29) is 12.3 Å².